The molecule has 5 nitrogen and oxygen atoms in total. The van der Waals surface area contributed by atoms with Crippen molar-refractivity contribution in [2.75, 3.05) is 0 Å². The summed E-state index contributed by atoms with van der Waals surface area (Å²) in [5.41, 5.74) is 0.755. The maximum Gasteiger partial charge on any atom is 0.308 e. The summed E-state index contributed by atoms with van der Waals surface area (Å²) in [7, 11) is 0. The molecule has 2 amide bonds. The van der Waals surface area contributed by atoms with Gasteiger partial charge in [-0.05, 0) is 58.7 Å². The highest BCUT2D eigenvalue weighted by atomic mass is 16.4. The Hall–Kier alpha value is -3.21. The molecule has 1 N–H and O–H groups in total. The van der Waals surface area contributed by atoms with E-state index in [1.54, 1.807) is 12.1 Å². The van der Waals surface area contributed by atoms with E-state index in [1.165, 1.54) is 4.90 Å². The number of carboxylic acid groups (broad SMARTS) is 1. The molecule has 0 bridgehead atoms. The largest absolute Gasteiger partial charge is 0.481 e. The van der Waals surface area contributed by atoms with Gasteiger partial charge in [0.05, 0.1) is 23.1 Å². The Morgan fingerprint density at radius 2 is 1.36 bits per heavy atom. The van der Waals surface area contributed by atoms with Gasteiger partial charge >= 0.3 is 5.97 Å². The molecule has 3 aromatic rings. The topological polar surface area (TPSA) is 74.7 Å². The monoisotopic (exact) mass is 373 g/mol. The summed E-state index contributed by atoms with van der Waals surface area (Å²) in [6.45, 7) is 0. The highest BCUT2D eigenvalue weighted by molar-refractivity contribution is 6.23. The van der Waals surface area contributed by atoms with E-state index in [4.69, 9.17) is 0 Å². The summed E-state index contributed by atoms with van der Waals surface area (Å²) in [5.74, 6) is -2.35. The van der Waals surface area contributed by atoms with Gasteiger partial charge < -0.3 is 5.11 Å². The second-order valence-electron chi connectivity index (χ2n) is 7.72. The predicted molar refractivity (Wildman–Crippen MR) is 105 cm³/mol. The van der Waals surface area contributed by atoms with Crippen LogP contribution in [0.3, 0.4) is 0 Å². The van der Waals surface area contributed by atoms with Crippen molar-refractivity contribution in [1.82, 2.24) is 4.90 Å². The van der Waals surface area contributed by atoms with Crippen LogP contribution >= 0.6 is 0 Å². The van der Waals surface area contributed by atoms with Gasteiger partial charge in [0, 0.05) is 0 Å². The Balaban J connectivity index is 1.62. The van der Waals surface area contributed by atoms with E-state index in [9.17, 15) is 19.5 Å². The maximum atomic E-state index is 13.1. The summed E-state index contributed by atoms with van der Waals surface area (Å²) in [5, 5.41) is 13.5. The van der Waals surface area contributed by atoms with Crippen LogP contribution in [0.1, 0.15) is 46.4 Å². The Labute approximate surface area is 161 Å². The van der Waals surface area contributed by atoms with Crippen molar-refractivity contribution in [1.29, 1.82) is 0 Å². The fourth-order valence-electron chi connectivity index (χ4n) is 4.71. The van der Waals surface area contributed by atoms with Gasteiger partial charge in [-0.15, -0.1) is 0 Å². The van der Waals surface area contributed by atoms with Crippen LogP contribution < -0.4 is 0 Å². The Morgan fingerprint density at radius 1 is 0.821 bits per heavy atom. The van der Waals surface area contributed by atoms with Gasteiger partial charge in [-0.1, -0.05) is 37.1 Å². The number of nitrogens with zero attached hydrogens (tertiary/aromatic N) is 1. The lowest BCUT2D eigenvalue weighted by molar-refractivity contribution is -0.144. The molecule has 1 saturated carbocycles. The van der Waals surface area contributed by atoms with Crippen LogP contribution in [-0.4, -0.2) is 33.8 Å². The van der Waals surface area contributed by atoms with Crippen molar-refractivity contribution in [3.05, 3.63) is 59.7 Å². The number of fused-ring (bicyclic) bond motifs is 3. The Morgan fingerprint density at radius 3 is 1.89 bits per heavy atom. The minimum Gasteiger partial charge on any atom is -0.481 e. The molecule has 2 unspecified atom stereocenters. The third kappa shape index (κ3) is 2.43. The van der Waals surface area contributed by atoms with E-state index in [-0.39, 0.29) is 11.8 Å². The quantitative estimate of drug-likeness (QED) is 0.539. The zero-order valence-corrected chi connectivity index (χ0v) is 15.2. The van der Waals surface area contributed by atoms with Crippen molar-refractivity contribution < 1.29 is 19.5 Å². The molecule has 1 heterocycles. The maximum absolute atomic E-state index is 13.1. The zero-order chi connectivity index (χ0) is 19.4. The lowest BCUT2D eigenvalue weighted by atomic mass is 9.83. The number of hydrogen-bond acceptors (Lipinski definition) is 3. The van der Waals surface area contributed by atoms with Gasteiger partial charge in [-0.25, -0.2) is 0 Å². The molecule has 1 aliphatic heterocycles. The molecule has 2 atom stereocenters. The summed E-state index contributed by atoms with van der Waals surface area (Å²) in [6, 6.07) is 15.0. The first-order chi connectivity index (χ1) is 13.5. The molecule has 1 fully saturated rings. The van der Waals surface area contributed by atoms with Gasteiger partial charge in [0.25, 0.3) is 11.8 Å². The summed E-state index contributed by atoms with van der Waals surface area (Å²) in [6.07, 6.45) is 2.69. The molecule has 0 aromatic heterocycles. The predicted octanol–water partition coefficient (Wildman–Crippen LogP) is 4.23. The van der Waals surface area contributed by atoms with E-state index in [0.29, 0.717) is 24.0 Å². The molecular formula is C23H19NO4. The van der Waals surface area contributed by atoms with Crippen molar-refractivity contribution >= 4 is 39.3 Å². The fourth-order valence-corrected chi connectivity index (χ4v) is 4.71. The highest BCUT2D eigenvalue weighted by Crippen LogP contribution is 2.36. The molecule has 0 radical (unpaired) electrons. The van der Waals surface area contributed by atoms with Gasteiger partial charge in [-0.2, -0.15) is 0 Å². The number of amides is 2. The first-order valence-corrected chi connectivity index (χ1v) is 9.62. The van der Waals surface area contributed by atoms with Crippen molar-refractivity contribution in [3.63, 3.8) is 0 Å². The van der Waals surface area contributed by atoms with E-state index in [0.717, 1.165) is 34.4 Å². The molecule has 140 valence electrons. The van der Waals surface area contributed by atoms with Crippen LogP contribution in [0.4, 0.5) is 0 Å². The third-order valence-electron chi connectivity index (χ3n) is 6.12. The van der Waals surface area contributed by atoms with Crippen LogP contribution in [0.25, 0.3) is 21.5 Å². The minimum absolute atomic E-state index is 0.367. The van der Waals surface area contributed by atoms with E-state index < -0.39 is 17.9 Å². The average molecular weight is 373 g/mol. The number of imide groups is 1. The fraction of sp³-hybridized carbons (Fsp3) is 0.261. The van der Waals surface area contributed by atoms with Crippen LogP contribution in [0, 0.1) is 5.92 Å². The van der Waals surface area contributed by atoms with E-state index >= 15 is 0 Å². The zero-order valence-electron chi connectivity index (χ0n) is 15.2. The second kappa shape index (κ2) is 6.16. The first kappa shape index (κ1) is 16.9. The lowest BCUT2D eigenvalue weighted by Crippen LogP contribution is -2.48. The summed E-state index contributed by atoms with van der Waals surface area (Å²) in [4.78, 5) is 39.1. The van der Waals surface area contributed by atoms with E-state index in [2.05, 4.69) is 0 Å². The number of carboxylic acids is 1. The lowest BCUT2D eigenvalue weighted by Gasteiger charge is -2.34. The molecule has 0 saturated heterocycles. The molecule has 5 heteroatoms. The smallest absolute Gasteiger partial charge is 0.308 e. The highest BCUT2D eigenvalue weighted by Gasteiger charge is 2.45. The molecular weight excluding hydrogens is 354 g/mol. The number of carbonyl (C=O) groups excluding carboxylic acids is 2. The van der Waals surface area contributed by atoms with Gasteiger partial charge in [-0.3, -0.25) is 19.3 Å². The number of carbonyl (C=O) groups is 3. The summed E-state index contributed by atoms with van der Waals surface area (Å²) >= 11 is 0. The number of aliphatic carboxylic acids is 1. The SMILES string of the molecule is O=C(O)C1CCCCC1N1C(=O)c2cc3cc4ccccc4cc3cc2C1=O. The average Bonchev–Trinajstić information content (AvgIpc) is 2.94. The first-order valence-electron chi connectivity index (χ1n) is 9.62. The van der Waals surface area contributed by atoms with Crippen LogP contribution in [0.2, 0.25) is 0 Å². The molecule has 28 heavy (non-hydrogen) atoms. The standard InChI is InChI=1S/C23H19NO4/c25-21-18-11-15-9-13-5-1-2-6-14(13)10-16(15)12-19(18)22(26)24(21)20-8-4-3-7-17(20)23(27)28/h1-2,5-6,9-12,17,20H,3-4,7-8H2,(H,27,28). The second-order valence-corrected chi connectivity index (χ2v) is 7.72. The Bertz CT molecular complexity index is 1090. The number of hydrogen-bond donors (Lipinski definition) is 1. The van der Waals surface area contributed by atoms with Gasteiger partial charge in [0.2, 0.25) is 0 Å². The normalized spacial score (nSPS) is 22.1. The molecule has 1 aliphatic carbocycles. The van der Waals surface area contributed by atoms with Crippen LogP contribution in [0.5, 0.6) is 0 Å². The van der Waals surface area contributed by atoms with E-state index in [1.807, 2.05) is 36.4 Å². The number of benzene rings is 3. The van der Waals surface area contributed by atoms with Crippen LogP contribution in [-0.2, 0) is 4.79 Å². The molecule has 3 aromatic carbocycles. The third-order valence-corrected chi connectivity index (χ3v) is 6.12. The van der Waals surface area contributed by atoms with Crippen molar-refractivity contribution in [3.8, 4) is 0 Å². The molecule has 0 spiro atoms. The summed E-state index contributed by atoms with van der Waals surface area (Å²) < 4.78 is 0. The van der Waals surface area contributed by atoms with Crippen molar-refractivity contribution in [2.45, 2.75) is 31.7 Å². The molecule has 2 aliphatic rings. The Kier molecular flexibility index (Phi) is 3.72. The van der Waals surface area contributed by atoms with Gasteiger partial charge in [0.1, 0.15) is 0 Å². The minimum atomic E-state index is -0.933. The van der Waals surface area contributed by atoms with Crippen molar-refractivity contribution in [2.24, 2.45) is 5.92 Å². The van der Waals surface area contributed by atoms with Crippen LogP contribution in [0.15, 0.2) is 48.5 Å². The number of rotatable bonds is 2. The molecule has 5 rings (SSSR count). The van der Waals surface area contributed by atoms with Gasteiger partial charge in [0.15, 0.2) is 0 Å².